The van der Waals surface area contributed by atoms with E-state index in [1.807, 2.05) is 95.0 Å². The van der Waals surface area contributed by atoms with Gasteiger partial charge in [-0.2, -0.15) is 0 Å². The quantitative estimate of drug-likeness (QED) is 0.0540. The number of phenolic OH excluding ortho intramolecular Hbond substituents is 1. The highest BCUT2D eigenvalue weighted by molar-refractivity contribution is 7.13. The molecule has 438 valence electrons. The molecule has 4 aliphatic heterocycles. The van der Waals surface area contributed by atoms with E-state index >= 15 is 0 Å². The smallest absolute Gasteiger partial charge is 0.246 e. The molecule has 0 radical (unpaired) electrons. The van der Waals surface area contributed by atoms with Gasteiger partial charge in [0.1, 0.15) is 29.8 Å². The van der Waals surface area contributed by atoms with Gasteiger partial charge < -0.3 is 55.7 Å². The topological polar surface area (TPSA) is 241 Å². The number of aliphatic hydroxyl groups is 1. The maximum Gasteiger partial charge on any atom is 0.246 e. The number of nitrogens with one attached hydrogen (secondary N) is 2. The van der Waals surface area contributed by atoms with Crippen molar-refractivity contribution in [1.82, 2.24) is 45.6 Å². The predicted octanol–water partition coefficient (Wildman–Crippen LogP) is 6.56. The highest BCUT2D eigenvalue weighted by Crippen LogP contribution is 2.40. The number of rotatable bonds is 19. The Labute approximate surface area is 489 Å². The van der Waals surface area contributed by atoms with E-state index in [1.165, 1.54) is 4.90 Å². The van der Waals surface area contributed by atoms with Crippen molar-refractivity contribution >= 4 is 52.1 Å². The predicted molar refractivity (Wildman–Crippen MR) is 320 cm³/mol. The Bertz CT molecular complexity index is 3220. The van der Waals surface area contributed by atoms with Crippen molar-refractivity contribution < 1.29 is 34.1 Å². The normalized spacial score (nSPS) is 22.5. The summed E-state index contributed by atoms with van der Waals surface area (Å²) in [7, 11) is 0. The number of likely N-dealkylation sites (tertiary alicyclic amines) is 1. The molecule has 1 unspecified atom stereocenters. The van der Waals surface area contributed by atoms with Crippen molar-refractivity contribution in [3.63, 3.8) is 0 Å². The lowest BCUT2D eigenvalue weighted by atomic mass is 9.85. The van der Waals surface area contributed by atoms with Crippen LogP contribution >= 0.6 is 11.3 Å². The SMILES string of the molecule is Cc1ncsc1-c1ccc([C@H](C)NC(=O)[C@@H]2C[C@@H](O)CN2C(=O)[C@@H](NC(=O)CN2CCN(c3ccc(CCCOC4CC(Oc5cc(N6C7CC[C@@H]6CN(c6cc(-c8ccccc8O)nnc6N)C7)ccn5)C4)cn3)CC2)C(C)(C)C)cc1. The number of carbonyl (C=O) groups is 3. The van der Waals surface area contributed by atoms with Gasteiger partial charge in [0, 0.05) is 113 Å². The van der Waals surface area contributed by atoms with Gasteiger partial charge in [0.05, 0.1) is 52.3 Å². The van der Waals surface area contributed by atoms with E-state index < -0.39 is 23.6 Å². The Hall–Kier alpha value is -7.46. The number of hydrogen-bond donors (Lipinski definition) is 5. The van der Waals surface area contributed by atoms with Crippen LogP contribution in [0.1, 0.15) is 89.1 Å². The van der Waals surface area contributed by atoms with Crippen LogP contribution in [0.15, 0.2) is 96.8 Å². The van der Waals surface area contributed by atoms with Crippen LogP contribution in [0, 0.1) is 12.3 Å². The summed E-state index contributed by atoms with van der Waals surface area (Å²) in [4.78, 5) is 67.2. The summed E-state index contributed by atoms with van der Waals surface area (Å²) < 4.78 is 12.6. The number of carbonyl (C=O) groups excluding carboxylic acids is 3. The number of aryl methyl sites for hydroxylation is 2. The van der Waals surface area contributed by atoms with Crippen LogP contribution in [0.5, 0.6) is 11.6 Å². The molecule has 6 aromatic rings. The highest BCUT2D eigenvalue weighted by atomic mass is 32.1. The summed E-state index contributed by atoms with van der Waals surface area (Å²) in [6.07, 6.45) is 8.77. The average Bonchev–Trinajstić information content (AvgIpc) is 4.03. The van der Waals surface area contributed by atoms with Crippen LogP contribution < -0.4 is 35.8 Å². The Morgan fingerprint density at radius 1 is 0.855 bits per heavy atom. The Kier molecular flexibility index (Phi) is 17.1. The number of hydrogen-bond acceptors (Lipinski definition) is 18. The first-order valence-corrected chi connectivity index (χ1v) is 30.1. The first-order valence-electron chi connectivity index (χ1n) is 29.2. The number of β-amino-alcohol motifs (C(OH)–C–C–N with tert-alkyl or cyclic N) is 1. The number of thiazole rings is 1. The second kappa shape index (κ2) is 24.8. The highest BCUT2D eigenvalue weighted by Gasteiger charge is 2.45. The zero-order chi connectivity index (χ0) is 57.9. The summed E-state index contributed by atoms with van der Waals surface area (Å²) in [5, 5.41) is 35.9. The summed E-state index contributed by atoms with van der Waals surface area (Å²) in [5.74, 6) is 1.08. The third-order valence-electron chi connectivity index (χ3n) is 17.1. The molecular formula is C62H77N13O7S. The summed E-state index contributed by atoms with van der Waals surface area (Å²) >= 11 is 1.58. The molecule has 5 fully saturated rings. The van der Waals surface area contributed by atoms with Crippen molar-refractivity contribution in [3.05, 3.63) is 114 Å². The molecule has 2 aromatic carbocycles. The first kappa shape index (κ1) is 57.4. The summed E-state index contributed by atoms with van der Waals surface area (Å²) in [6.45, 7) is 14.6. The van der Waals surface area contributed by atoms with Crippen molar-refractivity contribution in [2.24, 2.45) is 5.41 Å². The number of fused-ring (bicyclic) bond motifs is 2. The fourth-order valence-corrected chi connectivity index (χ4v) is 13.2. The second-order valence-electron chi connectivity index (χ2n) is 24.0. The van der Waals surface area contributed by atoms with Gasteiger partial charge >= 0.3 is 0 Å². The van der Waals surface area contributed by atoms with Gasteiger partial charge in [-0.1, -0.05) is 63.2 Å². The summed E-state index contributed by atoms with van der Waals surface area (Å²) in [5.41, 5.74) is 14.8. The van der Waals surface area contributed by atoms with E-state index in [9.17, 15) is 24.6 Å². The van der Waals surface area contributed by atoms with Crippen LogP contribution in [0.4, 0.5) is 23.0 Å². The van der Waals surface area contributed by atoms with E-state index in [0.717, 1.165) is 96.1 Å². The van der Waals surface area contributed by atoms with Crippen molar-refractivity contribution in [1.29, 1.82) is 0 Å². The van der Waals surface area contributed by atoms with Crippen LogP contribution in [0.25, 0.3) is 21.7 Å². The molecule has 2 bridgehead atoms. The van der Waals surface area contributed by atoms with Gasteiger partial charge in [0.25, 0.3) is 0 Å². The third-order valence-corrected chi connectivity index (χ3v) is 18.0. The second-order valence-corrected chi connectivity index (χ2v) is 24.9. The van der Waals surface area contributed by atoms with Gasteiger partial charge in [-0.25, -0.2) is 15.0 Å². The van der Waals surface area contributed by atoms with Crippen molar-refractivity contribution in [3.8, 4) is 33.3 Å². The maximum absolute atomic E-state index is 14.3. The number of aliphatic hydroxyl groups excluding tert-OH is 1. The molecule has 11 rings (SSSR count). The minimum atomic E-state index is -0.908. The average molecular weight is 1150 g/mol. The van der Waals surface area contributed by atoms with E-state index in [0.29, 0.717) is 55.7 Å². The lowest BCUT2D eigenvalue weighted by Gasteiger charge is -2.43. The standard InChI is InChI=1S/C62H77N13O7S/c1-38(41-13-15-42(16-14-41)57-39(2)66-37-83-57)67-60(79)52-28-46(76)35-74(52)61(80)58(62(3,4)5)68-55(78)36-71-22-24-72(25-23-71)54-19-12-40(32-65-54)9-8-26-81-47-29-48(30-47)82-56-27-43(20-21-64-56)75-44-17-18-45(75)34-73(33-44)51-31-50(69-70-59(51)63)49-10-6-7-11-53(49)77/h6-7,10-16,19-21,27,31-32,37-38,44-48,52,58,76-77H,8-9,17-18,22-26,28-30,33-36H2,1-5H3,(H2,63,70)(H,67,79)(H,68,78)/t38-,44+,45?,46+,47?,48?,52-,58+/m0/s1. The first-order chi connectivity index (χ1) is 40.0. The van der Waals surface area contributed by atoms with Crippen LogP contribution in [0.3, 0.4) is 0 Å². The van der Waals surface area contributed by atoms with Crippen LogP contribution in [-0.4, -0.2) is 164 Å². The van der Waals surface area contributed by atoms with E-state index in [2.05, 4.69) is 74.7 Å². The van der Waals surface area contributed by atoms with Gasteiger partial charge in [-0.15, -0.1) is 21.5 Å². The zero-order valence-electron chi connectivity index (χ0n) is 48.1. The minimum Gasteiger partial charge on any atom is -0.507 e. The molecule has 5 aliphatic rings. The van der Waals surface area contributed by atoms with Gasteiger partial charge in [-0.05, 0) is 92.0 Å². The molecular weight excluding hydrogens is 1070 g/mol. The lowest BCUT2D eigenvalue weighted by Crippen LogP contribution is -2.59. The number of nitrogens with zero attached hydrogens (tertiary/aromatic N) is 10. The monoisotopic (exact) mass is 1150 g/mol. The number of phenols is 1. The molecule has 83 heavy (non-hydrogen) atoms. The molecule has 4 saturated heterocycles. The lowest BCUT2D eigenvalue weighted by molar-refractivity contribution is -0.144. The molecule has 3 amide bonds. The zero-order valence-corrected chi connectivity index (χ0v) is 48.9. The molecule has 1 saturated carbocycles. The molecule has 4 aromatic heterocycles. The van der Waals surface area contributed by atoms with Gasteiger partial charge in [-0.3, -0.25) is 19.3 Å². The number of amides is 3. The minimum absolute atomic E-state index is 0.00956. The molecule has 6 N–H and O–H groups in total. The molecule has 8 heterocycles. The van der Waals surface area contributed by atoms with Gasteiger partial charge in [0.15, 0.2) is 5.82 Å². The maximum atomic E-state index is 14.3. The van der Waals surface area contributed by atoms with Crippen LogP contribution in [0.2, 0.25) is 0 Å². The molecule has 0 spiro atoms. The fraction of sp³-hybridized carbons (Fsp3) is 0.484. The number of pyridine rings is 2. The Morgan fingerprint density at radius 2 is 1.61 bits per heavy atom. The van der Waals surface area contributed by atoms with Crippen molar-refractivity contribution in [2.45, 2.75) is 128 Å². The molecule has 1 aliphatic carbocycles. The van der Waals surface area contributed by atoms with E-state index in [-0.39, 0.29) is 73.3 Å². The molecule has 6 atom stereocenters. The number of anilines is 4. The number of aromatic nitrogens is 5. The molecule has 21 heteroatoms. The third kappa shape index (κ3) is 13.2. The number of benzene rings is 2. The number of para-hydroxylation sites is 1. The number of piperazine rings is 2. The Morgan fingerprint density at radius 3 is 2.31 bits per heavy atom. The van der Waals surface area contributed by atoms with E-state index in [1.54, 1.807) is 23.5 Å². The fourth-order valence-electron chi connectivity index (χ4n) is 12.4. The van der Waals surface area contributed by atoms with Crippen molar-refractivity contribution in [2.75, 3.05) is 79.4 Å². The van der Waals surface area contributed by atoms with E-state index in [4.69, 9.17) is 20.2 Å². The largest absolute Gasteiger partial charge is 0.507 e. The summed E-state index contributed by atoms with van der Waals surface area (Å²) in [6, 6.07) is 23.9. The number of nitrogen functional groups attached to an aromatic ring is 1. The number of nitrogens with two attached hydrogens (primary N) is 1. The van der Waals surface area contributed by atoms with Crippen LogP contribution in [-0.2, 0) is 25.5 Å². The van der Waals surface area contributed by atoms with Gasteiger partial charge in [0.2, 0.25) is 23.6 Å². The molecule has 20 nitrogen and oxygen atoms in total. The Balaban J connectivity index is 0.581. The number of ether oxygens (including phenoxy) is 2. The number of aromatic hydroxyl groups is 1.